The molecule has 0 saturated carbocycles. The minimum Gasteiger partial charge on any atom is -0.493 e. The summed E-state index contributed by atoms with van der Waals surface area (Å²) in [6.07, 6.45) is 0.405. The second kappa shape index (κ2) is 9.39. The summed E-state index contributed by atoms with van der Waals surface area (Å²) in [5.41, 5.74) is 3.84. The molecule has 174 valence electrons. The van der Waals surface area contributed by atoms with Gasteiger partial charge in [-0.25, -0.2) is 4.98 Å². The second-order valence-electron chi connectivity index (χ2n) is 8.45. The Hall–Kier alpha value is -3.51. The van der Waals surface area contributed by atoms with Crippen LogP contribution in [0.15, 0.2) is 66.7 Å². The van der Waals surface area contributed by atoms with Crippen LogP contribution in [0.3, 0.4) is 0 Å². The topological polar surface area (TPSA) is 56.6 Å². The van der Waals surface area contributed by atoms with E-state index in [1.165, 1.54) is 0 Å². The Morgan fingerprint density at radius 3 is 2.65 bits per heavy atom. The summed E-state index contributed by atoms with van der Waals surface area (Å²) in [7, 11) is 1.63. The van der Waals surface area contributed by atoms with Crippen LogP contribution >= 0.6 is 11.6 Å². The second-order valence-corrected chi connectivity index (χ2v) is 8.88. The molecular weight excluding hydrogens is 450 g/mol. The fraction of sp³-hybridized carbons (Fsp3) is 0.259. The molecule has 1 aliphatic heterocycles. The molecule has 6 nitrogen and oxygen atoms in total. The van der Waals surface area contributed by atoms with E-state index in [1.54, 1.807) is 7.11 Å². The lowest BCUT2D eigenvalue weighted by molar-refractivity contribution is -0.117. The first kappa shape index (κ1) is 22.3. The number of rotatable bonds is 7. The van der Waals surface area contributed by atoms with Gasteiger partial charge in [0.2, 0.25) is 5.91 Å². The van der Waals surface area contributed by atoms with Gasteiger partial charge in [0, 0.05) is 29.6 Å². The van der Waals surface area contributed by atoms with Gasteiger partial charge in [-0.3, -0.25) is 4.79 Å². The zero-order valence-corrected chi connectivity index (χ0v) is 20.0. The zero-order valence-electron chi connectivity index (χ0n) is 19.2. The number of hydrogen-bond donors (Lipinski definition) is 0. The maximum absolute atomic E-state index is 13.0. The highest BCUT2D eigenvalue weighted by atomic mass is 35.5. The highest BCUT2D eigenvalue weighted by Crippen LogP contribution is 2.35. The van der Waals surface area contributed by atoms with Crippen LogP contribution in [0.4, 0.5) is 5.69 Å². The number of para-hydroxylation sites is 4. The highest BCUT2D eigenvalue weighted by Gasteiger charge is 2.35. The van der Waals surface area contributed by atoms with Gasteiger partial charge in [-0.15, -0.1) is 0 Å². The number of carbonyl (C=O) groups is 1. The molecule has 0 unspecified atom stereocenters. The summed E-state index contributed by atoms with van der Waals surface area (Å²) >= 11 is 6.23. The van der Waals surface area contributed by atoms with Crippen LogP contribution in [-0.2, 0) is 11.3 Å². The van der Waals surface area contributed by atoms with Gasteiger partial charge in [-0.2, -0.15) is 0 Å². The van der Waals surface area contributed by atoms with Crippen LogP contribution in [0, 0.1) is 6.92 Å². The molecule has 1 amide bonds. The van der Waals surface area contributed by atoms with Crippen LogP contribution < -0.4 is 14.4 Å². The predicted molar refractivity (Wildman–Crippen MR) is 134 cm³/mol. The van der Waals surface area contributed by atoms with E-state index in [-0.39, 0.29) is 11.8 Å². The monoisotopic (exact) mass is 475 g/mol. The van der Waals surface area contributed by atoms with E-state index in [9.17, 15) is 4.79 Å². The number of halogens is 1. The third-order valence-electron chi connectivity index (χ3n) is 6.28. The van der Waals surface area contributed by atoms with Crippen molar-refractivity contribution in [1.29, 1.82) is 0 Å². The predicted octanol–water partition coefficient (Wildman–Crippen LogP) is 5.61. The Bertz CT molecular complexity index is 1350. The number of amides is 1. The number of hydrogen-bond acceptors (Lipinski definition) is 4. The van der Waals surface area contributed by atoms with Gasteiger partial charge in [-0.1, -0.05) is 41.9 Å². The molecule has 4 aromatic rings. The normalized spacial score (nSPS) is 15.8. The van der Waals surface area contributed by atoms with Gasteiger partial charge in [0.15, 0.2) is 11.5 Å². The van der Waals surface area contributed by atoms with Gasteiger partial charge >= 0.3 is 0 Å². The average Bonchev–Trinajstić information content (AvgIpc) is 3.41. The van der Waals surface area contributed by atoms with Gasteiger partial charge in [0.1, 0.15) is 12.4 Å². The third-order valence-corrected chi connectivity index (χ3v) is 6.51. The van der Waals surface area contributed by atoms with Crippen molar-refractivity contribution in [3.8, 4) is 11.5 Å². The van der Waals surface area contributed by atoms with Crippen LogP contribution in [0.25, 0.3) is 11.0 Å². The smallest absolute Gasteiger partial charge is 0.227 e. The molecule has 1 fully saturated rings. The molecule has 5 rings (SSSR count). The van der Waals surface area contributed by atoms with Crippen molar-refractivity contribution in [2.24, 2.45) is 0 Å². The lowest BCUT2D eigenvalue weighted by Crippen LogP contribution is -2.25. The zero-order chi connectivity index (χ0) is 23.7. The van der Waals surface area contributed by atoms with E-state index in [4.69, 9.17) is 26.1 Å². The van der Waals surface area contributed by atoms with E-state index in [1.807, 2.05) is 72.5 Å². The first-order valence-corrected chi connectivity index (χ1v) is 11.7. The molecular formula is C27H26ClN3O3. The van der Waals surface area contributed by atoms with E-state index in [0.29, 0.717) is 42.6 Å². The summed E-state index contributed by atoms with van der Waals surface area (Å²) < 4.78 is 13.6. The lowest BCUT2D eigenvalue weighted by Gasteiger charge is -2.20. The number of methoxy groups -OCH3 is 1. The number of nitrogens with zero attached hydrogens (tertiary/aromatic N) is 3. The van der Waals surface area contributed by atoms with Crippen molar-refractivity contribution in [1.82, 2.24) is 9.55 Å². The Kier molecular flexibility index (Phi) is 6.16. The molecule has 1 atom stereocenters. The first-order chi connectivity index (χ1) is 16.5. The molecule has 7 heteroatoms. The van der Waals surface area contributed by atoms with Crippen molar-refractivity contribution >= 4 is 34.2 Å². The molecule has 1 aliphatic rings. The molecule has 3 aromatic carbocycles. The fourth-order valence-corrected chi connectivity index (χ4v) is 4.78. The molecule has 1 saturated heterocycles. The number of anilines is 1. The van der Waals surface area contributed by atoms with Crippen LogP contribution in [-0.4, -0.2) is 35.7 Å². The molecule has 1 aromatic heterocycles. The maximum atomic E-state index is 13.0. The highest BCUT2D eigenvalue weighted by molar-refractivity contribution is 6.31. The average molecular weight is 476 g/mol. The first-order valence-electron chi connectivity index (χ1n) is 11.3. The quantitative estimate of drug-likeness (QED) is 0.349. The van der Waals surface area contributed by atoms with Crippen molar-refractivity contribution in [3.63, 3.8) is 0 Å². The fourth-order valence-electron chi connectivity index (χ4n) is 4.61. The number of aromatic nitrogens is 2. The Balaban J connectivity index is 1.42. The third kappa shape index (κ3) is 4.21. The van der Waals surface area contributed by atoms with Crippen LogP contribution in [0.1, 0.15) is 23.7 Å². The number of aryl methyl sites for hydroxylation is 1. The summed E-state index contributed by atoms with van der Waals surface area (Å²) in [6.45, 7) is 3.62. The standard InChI is InChI=1S/C27H26ClN3O3/c1-18-11-12-20(28)16-23(18)31-17-19(15-26(31)32)27-29-21-7-3-4-8-22(21)30(27)13-14-34-25-10-6-5-9-24(25)33-2/h3-12,16,19H,13-15,17H2,1-2H3/t19-/m0/s1. The lowest BCUT2D eigenvalue weighted by atomic mass is 10.1. The van der Waals surface area contributed by atoms with Crippen molar-refractivity contribution in [3.05, 3.63) is 83.1 Å². The molecule has 0 aliphatic carbocycles. The summed E-state index contributed by atoms with van der Waals surface area (Å²) in [4.78, 5) is 19.8. The minimum absolute atomic E-state index is 0.0236. The van der Waals surface area contributed by atoms with Crippen molar-refractivity contribution in [2.75, 3.05) is 25.2 Å². The van der Waals surface area contributed by atoms with Crippen LogP contribution in [0.2, 0.25) is 5.02 Å². The summed E-state index contributed by atoms with van der Waals surface area (Å²) in [6, 6.07) is 21.3. The van der Waals surface area contributed by atoms with E-state index < -0.39 is 0 Å². The largest absolute Gasteiger partial charge is 0.493 e. The molecule has 0 bridgehead atoms. The number of imidazole rings is 1. The van der Waals surface area contributed by atoms with E-state index in [2.05, 4.69) is 10.6 Å². The minimum atomic E-state index is -0.0236. The molecule has 0 N–H and O–H groups in total. The van der Waals surface area contributed by atoms with E-state index >= 15 is 0 Å². The van der Waals surface area contributed by atoms with Gasteiger partial charge in [0.25, 0.3) is 0 Å². The SMILES string of the molecule is COc1ccccc1OCCn1c([C@H]2CC(=O)N(c3cc(Cl)ccc3C)C2)nc2ccccc21. The van der Waals surface area contributed by atoms with Gasteiger partial charge < -0.3 is 18.9 Å². The number of benzene rings is 3. The Morgan fingerprint density at radius 1 is 1.06 bits per heavy atom. The van der Waals surface area contributed by atoms with Gasteiger partial charge in [0.05, 0.1) is 24.7 Å². The Labute approximate surface area is 203 Å². The molecule has 2 heterocycles. The van der Waals surface area contributed by atoms with Gasteiger partial charge in [-0.05, 0) is 48.9 Å². The maximum Gasteiger partial charge on any atom is 0.227 e. The molecule has 0 radical (unpaired) electrons. The number of ether oxygens (including phenoxy) is 2. The summed E-state index contributed by atoms with van der Waals surface area (Å²) in [5, 5.41) is 0.623. The van der Waals surface area contributed by atoms with Crippen LogP contribution in [0.5, 0.6) is 11.5 Å². The summed E-state index contributed by atoms with van der Waals surface area (Å²) in [5.74, 6) is 2.37. The number of fused-ring (bicyclic) bond motifs is 1. The Morgan fingerprint density at radius 2 is 1.82 bits per heavy atom. The van der Waals surface area contributed by atoms with Crippen molar-refractivity contribution in [2.45, 2.75) is 25.8 Å². The van der Waals surface area contributed by atoms with E-state index in [0.717, 1.165) is 28.1 Å². The van der Waals surface area contributed by atoms with Crippen molar-refractivity contribution < 1.29 is 14.3 Å². The molecule has 34 heavy (non-hydrogen) atoms. The molecule has 0 spiro atoms. The number of carbonyl (C=O) groups excluding carboxylic acids is 1.